The lowest BCUT2D eigenvalue weighted by atomic mass is 9.88. The summed E-state index contributed by atoms with van der Waals surface area (Å²) in [5.41, 5.74) is 0. The molecule has 0 amide bonds. The molecule has 3 atom stereocenters. The standard InChI is InChI=1S/C9H18O2/c1-4-5-9(6-10)7(2)8(3)11/h4,7-11H,1,5-6H2,2-3H3. The number of aliphatic hydroxyl groups excluding tert-OH is 2. The smallest absolute Gasteiger partial charge is 0.0541 e. The first-order valence-electron chi connectivity index (χ1n) is 4.03. The number of hydrogen-bond acceptors (Lipinski definition) is 2. The summed E-state index contributed by atoms with van der Waals surface area (Å²) in [6, 6.07) is 0. The Balaban J connectivity index is 3.90. The first-order chi connectivity index (χ1) is 5.13. The molecule has 3 unspecified atom stereocenters. The van der Waals surface area contributed by atoms with Crippen molar-refractivity contribution in [1.82, 2.24) is 0 Å². The van der Waals surface area contributed by atoms with Crippen LogP contribution in [-0.2, 0) is 0 Å². The average Bonchev–Trinajstić information content (AvgIpc) is 1.98. The van der Waals surface area contributed by atoms with Crippen LogP contribution < -0.4 is 0 Å². The minimum Gasteiger partial charge on any atom is -0.396 e. The molecule has 0 spiro atoms. The van der Waals surface area contributed by atoms with Crippen molar-refractivity contribution in [3.05, 3.63) is 12.7 Å². The minimum atomic E-state index is -0.355. The fourth-order valence-corrected chi connectivity index (χ4v) is 1.06. The molecule has 0 rings (SSSR count). The third-order valence-electron chi connectivity index (χ3n) is 2.21. The van der Waals surface area contributed by atoms with Gasteiger partial charge in [-0.1, -0.05) is 13.0 Å². The highest BCUT2D eigenvalue weighted by Crippen LogP contribution is 2.18. The van der Waals surface area contributed by atoms with Crippen LogP contribution in [0.25, 0.3) is 0 Å². The van der Waals surface area contributed by atoms with Crippen LogP contribution in [0, 0.1) is 11.8 Å². The second kappa shape index (κ2) is 5.33. The molecule has 2 nitrogen and oxygen atoms in total. The number of hydrogen-bond donors (Lipinski definition) is 2. The lowest BCUT2D eigenvalue weighted by Gasteiger charge is -2.22. The molecule has 2 N–H and O–H groups in total. The summed E-state index contributed by atoms with van der Waals surface area (Å²) < 4.78 is 0. The Labute approximate surface area is 68.6 Å². The van der Waals surface area contributed by atoms with E-state index in [0.29, 0.717) is 0 Å². The van der Waals surface area contributed by atoms with Crippen molar-refractivity contribution in [2.24, 2.45) is 11.8 Å². The summed E-state index contributed by atoms with van der Waals surface area (Å²) in [5, 5.41) is 18.1. The molecule has 0 saturated carbocycles. The van der Waals surface area contributed by atoms with Gasteiger partial charge in [0.05, 0.1) is 6.10 Å². The summed E-state index contributed by atoms with van der Waals surface area (Å²) in [4.78, 5) is 0. The molecule has 0 aliphatic carbocycles. The van der Waals surface area contributed by atoms with Crippen LogP contribution in [-0.4, -0.2) is 22.9 Å². The normalized spacial score (nSPS) is 18.9. The Morgan fingerprint density at radius 2 is 2.00 bits per heavy atom. The van der Waals surface area contributed by atoms with Crippen LogP contribution in [0.3, 0.4) is 0 Å². The minimum absolute atomic E-state index is 0.123. The molecule has 0 aliphatic rings. The van der Waals surface area contributed by atoms with Crippen molar-refractivity contribution in [2.45, 2.75) is 26.4 Å². The Morgan fingerprint density at radius 3 is 2.27 bits per heavy atom. The molecule has 0 aromatic heterocycles. The number of aliphatic hydroxyl groups is 2. The zero-order valence-electron chi connectivity index (χ0n) is 7.33. The van der Waals surface area contributed by atoms with Crippen LogP contribution in [0.1, 0.15) is 20.3 Å². The van der Waals surface area contributed by atoms with E-state index >= 15 is 0 Å². The van der Waals surface area contributed by atoms with E-state index in [0.717, 1.165) is 6.42 Å². The maximum Gasteiger partial charge on any atom is 0.0541 e. The summed E-state index contributed by atoms with van der Waals surface area (Å²) in [6.07, 6.45) is 2.19. The summed E-state index contributed by atoms with van der Waals surface area (Å²) in [5.74, 6) is 0.283. The van der Waals surface area contributed by atoms with E-state index in [4.69, 9.17) is 5.11 Å². The van der Waals surface area contributed by atoms with E-state index in [1.807, 2.05) is 6.92 Å². The third-order valence-corrected chi connectivity index (χ3v) is 2.21. The van der Waals surface area contributed by atoms with Crippen molar-refractivity contribution < 1.29 is 10.2 Å². The highest BCUT2D eigenvalue weighted by molar-refractivity contribution is 4.78. The van der Waals surface area contributed by atoms with Gasteiger partial charge < -0.3 is 10.2 Å². The summed E-state index contributed by atoms with van der Waals surface area (Å²) in [6.45, 7) is 7.41. The first kappa shape index (κ1) is 10.7. The van der Waals surface area contributed by atoms with Crippen LogP contribution in [0.5, 0.6) is 0 Å². The molecule has 0 radical (unpaired) electrons. The summed E-state index contributed by atoms with van der Waals surface area (Å²) in [7, 11) is 0. The van der Waals surface area contributed by atoms with Gasteiger partial charge in [0.1, 0.15) is 0 Å². The number of allylic oxidation sites excluding steroid dienone is 1. The van der Waals surface area contributed by atoms with E-state index in [1.54, 1.807) is 13.0 Å². The van der Waals surface area contributed by atoms with Gasteiger partial charge in [-0.2, -0.15) is 0 Å². The molecule has 0 aromatic carbocycles. The fraction of sp³-hybridized carbons (Fsp3) is 0.778. The zero-order chi connectivity index (χ0) is 8.85. The average molecular weight is 158 g/mol. The van der Waals surface area contributed by atoms with Crippen molar-refractivity contribution in [3.8, 4) is 0 Å². The van der Waals surface area contributed by atoms with Gasteiger partial charge in [0, 0.05) is 6.61 Å². The van der Waals surface area contributed by atoms with Gasteiger partial charge in [0.25, 0.3) is 0 Å². The quantitative estimate of drug-likeness (QED) is 0.590. The molecule has 2 heteroatoms. The molecule has 0 saturated heterocycles. The predicted octanol–water partition coefficient (Wildman–Crippen LogP) is 1.19. The monoisotopic (exact) mass is 158 g/mol. The largest absolute Gasteiger partial charge is 0.396 e. The van der Waals surface area contributed by atoms with Crippen LogP contribution >= 0.6 is 0 Å². The van der Waals surface area contributed by atoms with Gasteiger partial charge in [-0.05, 0) is 25.2 Å². The fourth-order valence-electron chi connectivity index (χ4n) is 1.06. The van der Waals surface area contributed by atoms with E-state index in [-0.39, 0.29) is 24.5 Å². The maximum atomic E-state index is 9.20. The molecule has 0 aliphatic heterocycles. The molecule has 0 aromatic rings. The second-order valence-electron chi connectivity index (χ2n) is 3.07. The molecule has 0 fully saturated rings. The topological polar surface area (TPSA) is 40.5 Å². The Kier molecular flexibility index (Phi) is 5.16. The first-order valence-corrected chi connectivity index (χ1v) is 4.03. The molecule has 11 heavy (non-hydrogen) atoms. The molecule has 0 bridgehead atoms. The lowest BCUT2D eigenvalue weighted by molar-refractivity contribution is 0.0714. The lowest BCUT2D eigenvalue weighted by Crippen LogP contribution is -2.25. The second-order valence-corrected chi connectivity index (χ2v) is 3.07. The zero-order valence-corrected chi connectivity index (χ0v) is 7.33. The van der Waals surface area contributed by atoms with Gasteiger partial charge in [0.15, 0.2) is 0 Å². The molecule has 0 heterocycles. The highest BCUT2D eigenvalue weighted by Gasteiger charge is 2.18. The Morgan fingerprint density at radius 1 is 1.45 bits per heavy atom. The van der Waals surface area contributed by atoms with E-state index in [9.17, 15) is 5.11 Å². The van der Waals surface area contributed by atoms with Gasteiger partial charge in [-0.15, -0.1) is 6.58 Å². The van der Waals surface area contributed by atoms with Crippen LogP contribution in [0.15, 0.2) is 12.7 Å². The molecular formula is C9H18O2. The van der Waals surface area contributed by atoms with Crippen LogP contribution in [0.4, 0.5) is 0 Å². The third kappa shape index (κ3) is 3.54. The van der Waals surface area contributed by atoms with E-state index in [2.05, 4.69) is 6.58 Å². The predicted molar refractivity (Wildman–Crippen MR) is 46.2 cm³/mol. The SMILES string of the molecule is C=CCC(CO)C(C)C(C)O. The van der Waals surface area contributed by atoms with Crippen molar-refractivity contribution in [3.63, 3.8) is 0 Å². The van der Waals surface area contributed by atoms with Gasteiger partial charge in [-0.3, -0.25) is 0 Å². The maximum absolute atomic E-state index is 9.20. The van der Waals surface area contributed by atoms with Gasteiger partial charge >= 0.3 is 0 Å². The summed E-state index contributed by atoms with van der Waals surface area (Å²) >= 11 is 0. The van der Waals surface area contributed by atoms with Gasteiger partial charge in [0.2, 0.25) is 0 Å². The Hall–Kier alpha value is -0.340. The van der Waals surface area contributed by atoms with Crippen LogP contribution in [0.2, 0.25) is 0 Å². The molecular weight excluding hydrogens is 140 g/mol. The van der Waals surface area contributed by atoms with Crippen molar-refractivity contribution >= 4 is 0 Å². The van der Waals surface area contributed by atoms with Crippen molar-refractivity contribution in [1.29, 1.82) is 0 Å². The van der Waals surface area contributed by atoms with E-state index < -0.39 is 0 Å². The highest BCUT2D eigenvalue weighted by atomic mass is 16.3. The molecule has 66 valence electrons. The van der Waals surface area contributed by atoms with E-state index in [1.165, 1.54) is 0 Å². The van der Waals surface area contributed by atoms with Gasteiger partial charge in [-0.25, -0.2) is 0 Å². The number of rotatable bonds is 5. The Bertz CT molecular complexity index is 110. The van der Waals surface area contributed by atoms with Crippen molar-refractivity contribution in [2.75, 3.05) is 6.61 Å².